The highest BCUT2D eigenvalue weighted by Gasteiger charge is 2.24. The Balaban J connectivity index is 2.68. The molecule has 0 aliphatic heterocycles. The van der Waals surface area contributed by atoms with Crippen LogP contribution in [0.4, 0.5) is 0 Å². The Morgan fingerprint density at radius 2 is 1.52 bits per heavy atom. The quantitative estimate of drug-likeness (QED) is 0.750. The zero-order valence-electron chi connectivity index (χ0n) is 12.9. The first kappa shape index (κ1) is 17.8. The van der Waals surface area contributed by atoms with E-state index in [1.165, 1.54) is 30.3 Å². The third kappa shape index (κ3) is 3.69. The standard InChI is InChI=1S/C17H15Cl2NO2S/c1-17(2,3)16-9-14(5-4-11(16)10-20)23(21,22)15-7-12(18)6-13(19)8-15/h4-9H,1-3H3. The van der Waals surface area contributed by atoms with E-state index in [1.54, 1.807) is 6.07 Å². The van der Waals surface area contributed by atoms with E-state index in [4.69, 9.17) is 23.2 Å². The molecule has 0 saturated heterocycles. The van der Waals surface area contributed by atoms with Gasteiger partial charge in [0.05, 0.1) is 21.4 Å². The lowest BCUT2D eigenvalue weighted by molar-refractivity contribution is 0.582. The first-order valence-corrected chi connectivity index (χ1v) is 9.05. The predicted octanol–water partition coefficient (Wildman–Crippen LogP) is 5.00. The number of hydrogen-bond acceptors (Lipinski definition) is 3. The van der Waals surface area contributed by atoms with E-state index in [2.05, 4.69) is 6.07 Å². The molecule has 2 aromatic rings. The normalized spacial score (nSPS) is 12.0. The van der Waals surface area contributed by atoms with Gasteiger partial charge >= 0.3 is 0 Å². The molecule has 0 aliphatic rings. The molecule has 120 valence electrons. The highest BCUT2D eigenvalue weighted by molar-refractivity contribution is 7.91. The summed E-state index contributed by atoms with van der Waals surface area (Å²) in [7, 11) is -3.77. The van der Waals surface area contributed by atoms with Crippen LogP contribution in [0.3, 0.4) is 0 Å². The van der Waals surface area contributed by atoms with Gasteiger partial charge in [0, 0.05) is 10.0 Å². The van der Waals surface area contributed by atoms with Crippen molar-refractivity contribution in [3.63, 3.8) is 0 Å². The Kier molecular flexibility index (Phi) is 4.77. The SMILES string of the molecule is CC(C)(C)c1cc(S(=O)(=O)c2cc(Cl)cc(Cl)c2)ccc1C#N. The molecule has 0 saturated carbocycles. The fourth-order valence-corrected chi connectivity index (χ4v) is 4.24. The molecule has 0 aliphatic carbocycles. The molecule has 0 spiro atoms. The molecular formula is C17H15Cl2NO2S. The monoisotopic (exact) mass is 367 g/mol. The van der Waals surface area contributed by atoms with Crippen molar-refractivity contribution in [1.82, 2.24) is 0 Å². The Morgan fingerprint density at radius 3 is 2.00 bits per heavy atom. The Bertz CT molecular complexity index is 887. The second-order valence-corrected chi connectivity index (χ2v) is 9.00. The van der Waals surface area contributed by atoms with Gasteiger partial charge in [-0.05, 0) is 47.4 Å². The van der Waals surface area contributed by atoms with E-state index >= 15 is 0 Å². The van der Waals surface area contributed by atoms with Crippen molar-refractivity contribution < 1.29 is 8.42 Å². The minimum absolute atomic E-state index is 0.0274. The summed E-state index contributed by atoms with van der Waals surface area (Å²) in [5, 5.41) is 9.73. The van der Waals surface area contributed by atoms with E-state index in [-0.39, 0.29) is 25.3 Å². The Labute approximate surface area is 146 Å². The van der Waals surface area contributed by atoms with E-state index in [0.717, 1.165) is 0 Å². The lowest BCUT2D eigenvalue weighted by Gasteiger charge is -2.21. The van der Waals surface area contributed by atoms with Gasteiger partial charge in [-0.1, -0.05) is 44.0 Å². The van der Waals surface area contributed by atoms with Gasteiger partial charge in [-0.3, -0.25) is 0 Å². The average molecular weight is 368 g/mol. The molecule has 0 aromatic heterocycles. The van der Waals surface area contributed by atoms with Crippen LogP contribution in [0.5, 0.6) is 0 Å². The summed E-state index contributed by atoms with van der Waals surface area (Å²) in [5.41, 5.74) is 0.775. The summed E-state index contributed by atoms with van der Waals surface area (Å²) in [6, 6.07) is 10.8. The minimum Gasteiger partial charge on any atom is -0.219 e. The van der Waals surface area contributed by atoms with Crippen molar-refractivity contribution in [1.29, 1.82) is 5.26 Å². The second-order valence-electron chi connectivity index (χ2n) is 6.18. The van der Waals surface area contributed by atoms with Crippen LogP contribution in [0.2, 0.25) is 10.0 Å². The maximum absolute atomic E-state index is 12.8. The molecule has 0 radical (unpaired) electrons. The van der Waals surface area contributed by atoms with Crippen LogP contribution < -0.4 is 0 Å². The molecule has 0 N–H and O–H groups in total. The van der Waals surface area contributed by atoms with Crippen molar-refractivity contribution >= 4 is 33.0 Å². The number of nitrogens with zero attached hydrogens (tertiary/aromatic N) is 1. The van der Waals surface area contributed by atoms with Gasteiger partial charge in [-0.15, -0.1) is 0 Å². The van der Waals surface area contributed by atoms with E-state index in [0.29, 0.717) is 11.1 Å². The average Bonchev–Trinajstić information content (AvgIpc) is 2.44. The molecule has 0 bridgehead atoms. The summed E-state index contributed by atoms with van der Waals surface area (Å²) in [6.07, 6.45) is 0. The molecular weight excluding hydrogens is 353 g/mol. The number of halogens is 2. The van der Waals surface area contributed by atoms with Crippen molar-refractivity contribution in [2.75, 3.05) is 0 Å². The summed E-state index contributed by atoms with van der Waals surface area (Å²) in [5.74, 6) is 0. The van der Waals surface area contributed by atoms with Crippen molar-refractivity contribution in [3.8, 4) is 6.07 Å². The zero-order valence-corrected chi connectivity index (χ0v) is 15.2. The van der Waals surface area contributed by atoms with Gasteiger partial charge in [0.25, 0.3) is 0 Å². The van der Waals surface area contributed by atoms with E-state index in [9.17, 15) is 13.7 Å². The van der Waals surface area contributed by atoms with Crippen LogP contribution in [0.15, 0.2) is 46.2 Å². The number of hydrogen-bond donors (Lipinski definition) is 0. The highest BCUT2D eigenvalue weighted by Crippen LogP contribution is 2.32. The molecule has 0 heterocycles. The number of benzene rings is 2. The van der Waals surface area contributed by atoms with Crippen LogP contribution >= 0.6 is 23.2 Å². The maximum Gasteiger partial charge on any atom is 0.206 e. The summed E-state index contributed by atoms with van der Waals surface area (Å²) < 4.78 is 25.6. The molecule has 0 fully saturated rings. The topological polar surface area (TPSA) is 57.9 Å². The van der Waals surface area contributed by atoms with Gasteiger partial charge in [0.15, 0.2) is 0 Å². The molecule has 0 atom stereocenters. The predicted molar refractivity (Wildman–Crippen MR) is 91.8 cm³/mol. The van der Waals surface area contributed by atoms with E-state index in [1.807, 2.05) is 20.8 Å². The molecule has 3 nitrogen and oxygen atoms in total. The van der Waals surface area contributed by atoms with Gasteiger partial charge in [0.2, 0.25) is 9.84 Å². The van der Waals surface area contributed by atoms with Crippen molar-refractivity contribution in [2.24, 2.45) is 0 Å². The van der Waals surface area contributed by atoms with Gasteiger partial charge < -0.3 is 0 Å². The smallest absolute Gasteiger partial charge is 0.206 e. The maximum atomic E-state index is 12.8. The number of sulfone groups is 1. The molecule has 2 rings (SSSR count). The van der Waals surface area contributed by atoms with Gasteiger partial charge in [0.1, 0.15) is 0 Å². The largest absolute Gasteiger partial charge is 0.219 e. The van der Waals surface area contributed by atoms with E-state index < -0.39 is 9.84 Å². The fraction of sp³-hybridized carbons (Fsp3) is 0.235. The first-order valence-electron chi connectivity index (χ1n) is 6.81. The highest BCUT2D eigenvalue weighted by atomic mass is 35.5. The summed E-state index contributed by atoms with van der Waals surface area (Å²) in [4.78, 5) is 0.138. The van der Waals surface area contributed by atoms with Crippen LogP contribution in [-0.2, 0) is 15.3 Å². The van der Waals surface area contributed by atoms with Crippen LogP contribution in [-0.4, -0.2) is 8.42 Å². The van der Waals surface area contributed by atoms with Crippen molar-refractivity contribution in [3.05, 3.63) is 57.6 Å². The Hall–Kier alpha value is -1.54. The summed E-state index contributed by atoms with van der Waals surface area (Å²) in [6.45, 7) is 5.78. The summed E-state index contributed by atoms with van der Waals surface area (Å²) >= 11 is 11.8. The van der Waals surface area contributed by atoms with Crippen LogP contribution in [0, 0.1) is 11.3 Å². The zero-order chi connectivity index (χ0) is 17.4. The van der Waals surface area contributed by atoms with Gasteiger partial charge in [-0.2, -0.15) is 5.26 Å². The third-order valence-electron chi connectivity index (χ3n) is 3.38. The number of nitriles is 1. The molecule has 0 unspecified atom stereocenters. The Morgan fingerprint density at radius 1 is 0.957 bits per heavy atom. The molecule has 2 aromatic carbocycles. The van der Waals surface area contributed by atoms with Crippen LogP contribution in [0.25, 0.3) is 0 Å². The van der Waals surface area contributed by atoms with Crippen LogP contribution in [0.1, 0.15) is 31.9 Å². The fourth-order valence-electron chi connectivity index (χ4n) is 2.23. The molecule has 23 heavy (non-hydrogen) atoms. The molecule has 6 heteroatoms. The lowest BCUT2D eigenvalue weighted by Crippen LogP contribution is -2.15. The minimum atomic E-state index is -3.77. The van der Waals surface area contributed by atoms with Gasteiger partial charge in [-0.25, -0.2) is 8.42 Å². The lowest BCUT2D eigenvalue weighted by atomic mass is 9.84. The van der Waals surface area contributed by atoms with Crippen molar-refractivity contribution in [2.45, 2.75) is 36.0 Å². The second kappa shape index (κ2) is 6.16. The number of rotatable bonds is 2. The molecule has 0 amide bonds. The first-order chi connectivity index (χ1) is 10.6. The third-order valence-corrected chi connectivity index (χ3v) is 5.54.